The lowest BCUT2D eigenvalue weighted by atomic mass is 10.1. The van der Waals surface area contributed by atoms with E-state index in [0.29, 0.717) is 18.5 Å². The molecule has 1 aromatic carbocycles. The van der Waals surface area contributed by atoms with E-state index in [9.17, 15) is 9.18 Å². The number of carbonyl (C=O) groups excluding carboxylic acids is 1. The van der Waals surface area contributed by atoms with Crippen molar-refractivity contribution >= 4 is 21.8 Å². The maximum atomic E-state index is 13.6. The summed E-state index contributed by atoms with van der Waals surface area (Å²) >= 11 is 3.34. The molecular weight excluding hydrogens is 351 g/mol. The second-order valence-corrected chi connectivity index (χ2v) is 6.47. The fourth-order valence-electron chi connectivity index (χ4n) is 2.40. The SMILES string of the molecule is O=C(NCCCN1CCOCC1)C(Br)Cc1ccccc1F. The van der Waals surface area contributed by atoms with E-state index in [4.69, 9.17) is 4.74 Å². The van der Waals surface area contributed by atoms with Gasteiger partial charge in [-0.3, -0.25) is 9.69 Å². The Morgan fingerprint density at radius 1 is 1.36 bits per heavy atom. The molecule has 0 radical (unpaired) electrons. The second kappa shape index (κ2) is 9.22. The Hall–Kier alpha value is -0.980. The van der Waals surface area contributed by atoms with Gasteiger partial charge in [-0.15, -0.1) is 0 Å². The Morgan fingerprint density at radius 2 is 2.09 bits per heavy atom. The zero-order valence-electron chi connectivity index (χ0n) is 12.6. The van der Waals surface area contributed by atoms with Gasteiger partial charge < -0.3 is 10.1 Å². The quantitative estimate of drug-likeness (QED) is 0.587. The predicted molar refractivity (Wildman–Crippen MR) is 87.7 cm³/mol. The molecule has 1 aliphatic rings. The highest BCUT2D eigenvalue weighted by Crippen LogP contribution is 2.13. The Bertz CT molecular complexity index is 481. The van der Waals surface area contributed by atoms with Crippen molar-refractivity contribution in [3.8, 4) is 0 Å². The summed E-state index contributed by atoms with van der Waals surface area (Å²) in [5.74, 6) is -0.364. The van der Waals surface area contributed by atoms with E-state index in [1.54, 1.807) is 18.2 Å². The number of hydrogen-bond donors (Lipinski definition) is 1. The summed E-state index contributed by atoms with van der Waals surface area (Å²) in [7, 11) is 0. The lowest BCUT2D eigenvalue weighted by Gasteiger charge is -2.26. The van der Waals surface area contributed by atoms with Crippen LogP contribution in [0.2, 0.25) is 0 Å². The molecule has 1 heterocycles. The first-order chi connectivity index (χ1) is 10.7. The van der Waals surface area contributed by atoms with Gasteiger partial charge in [0.05, 0.1) is 18.0 Å². The van der Waals surface area contributed by atoms with Crippen LogP contribution in [0.3, 0.4) is 0 Å². The molecule has 1 amide bonds. The maximum Gasteiger partial charge on any atom is 0.234 e. The highest BCUT2D eigenvalue weighted by molar-refractivity contribution is 9.10. The normalized spacial score (nSPS) is 17.2. The molecule has 1 aliphatic heterocycles. The standard InChI is InChI=1S/C16H22BrFN2O2/c17-14(12-13-4-1-2-5-15(13)18)16(21)19-6-3-7-20-8-10-22-11-9-20/h1-2,4-5,14H,3,6-12H2,(H,19,21). The molecule has 1 unspecified atom stereocenters. The van der Waals surface area contributed by atoms with Gasteiger partial charge in [-0.2, -0.15) is 0 Å². The number of halogens is 2. The molecule has 1 fully saturated rings. The van der Waals surface area contributed by atoms with E-state index in [1.807, 2.05) is 0 Å². The Labute approximate surface area is 139 Å². The van der Waals surface area contributed by atoms with Crippen molar-refractivity contribution in [2.45, 2.75) is 17.7 Å². The smallest absolute Gasteiger partial charge is 0.234 e. The van der Waals surface area contributed by atoms with Crippen LogP contribution in [0.5, 0.6) is 0 Å². The van der Waals surface area contributed by atoms with Crippen molar-refractivity contribution in [2.75, 3.05) is 39.4 Å². The average molecular weight is 373 g/mol. The largest absolute Gasteiger partial charge is 0.379 e. The average Bonchev–Trinajstić information content (AvgIpc) is 2.54. The molecule has 0 bridgehead atoms. The summed E-state index contributed by atoms with van der Waals surface area (Å²) in [6.07, 6.45) is 1.26. The molecule has 0 aliphatic carbocycles. The number of morpholine rings is 1. The first kappa shape index (κ1) is 17.4. The van der Waals surface area contributed by atoms with Crippen LogP contribution in [0.25, 0.3) is 0 Å². The van der Waals surface area contributed by atoms with Crippen LogP contribution in [0.4, 0.5) is 4.39 Å². The van der Waals surface area contributed by atoms with Crippen molar-refractivity contribution in [2.24, 2.45) is 0 Å². The van der Waals surface area contributed by atoms with Crippen molar-refractivity contribution in [1.29, 1.82) is 0 Å². The number of amides is 1. The maximum absolute atomic E-state index is 13.6. The molecule has 0 saturated carbocycles. The van der Waals surface area contributed by atoms with Gasteiger partial charge in [-0.1, -0.05) is 34.1 Å². The van der Waals surface area contributed by atoms with Gasteiger partial charge in [0.2, 0.25) is 5.91 Å². The minimum absolute atomic E-state index is 0.0924. The minimum Gasteiger partial charge on any atom is -0.379 e. The predicted octanol–water partition coefficient (Wildman–Crippen LogP) is 1.97. The van der Waals surface area contributed by atoms with Gasteiger partial charge in [-0.25, -0.2) is 4.39 Å². The van der Waals surface area contributed by atoms with Crippen molar-refractivity contribution < 1.29 is 13.9 Å². The molecule has 122 valence electrons. The molecule has 2 rings (SSSR count). The third-order valence-corrected chi connectivity index (χ3v) is 4.44. The number of ether oxygens (including phenoxy) is 1. The second-order valence-electron chi connectivity index (χ2n) is 5.36. The molecule has 1 aromatic rings. The van der Waals surface area contributed by atoms with E-state index < -0.39 is 4.83 Å². The van der Waals surface area contributed by atoms with Gasteiger partial charge in [0.1, 0.15) is 5.82 Å². The number of hydrogen-bond acceptors (Lipinski definition) is 3. The highest BCUT2D eigenvalue weighted by Gasteiger charge is 2.17. The summed E-state index contributed by atoms with van der Waals surface area (Å²) in [5, 5.41) is 2.90. The molecule has 22 heavy (non-hydrogen) atoms. The summed E-state index contributed by atoms with van der Waals surface area (Å²) in [4.78, 5) is 13.9. The van der Waals surface area contributed by atoms with Gasteiger partial charge in [0, 0.05) is 19.6 Å². The van der Waals surface area contributed by atoms with Crippen molar-refractivity contribution in [3.05, 3.63) is 35.6 Å². The molecule has 0 spiro atoms. The number of nitrogens with zero attached hydrogens (tertiary/aromatic N) is 1. The van der Waals surface area contributed by atoms with Crippen LogP contribution in [0.1, 0.15) is 12.0 Å². The Morgan fingerprint density at radius 3 is 2.82 bits per heavy atom. The van der Waals surface area contributed by atoms with Crippen LogP contribution in [-0.4, -0.2) is 55.0 Å². The van der Waals surface area contributed by atoms with Crippen LogP contribution >= 0.6 is 15.9 Å². The summed E-state index contributed by atoms with van der Waals surface area (Å²) < 4.78 is 18.9. The molecule has 0 aromatic heterocycles. The lowest BCUT2D eigenvalue weighted by molar-refractivity contribution is -0.120. The third kappa shape index (κ3) is 5.66. The first-order valence-electron chi connectivity index (χ1n) is 7.62. The van der Waals surface area contributed by atoms with Gasteiger partial charge in [0.25, 0.3) is 0 Å². The summed E-state index contributed by atoms with van der Waals surface area (Å²) in [6, 6.07) is 6.54. The fraction of sp³-hybridized carbons (Fsp3) is 0.562. The molecule has 4 nitrogen and oxygen atoms in total. The number of nitrogens with one attached hydrogen (secondary N) is 1. The number of benzene rings is 1. The summed E-state index contributed by atoms with van der Waals surface area (Å²) in [6.45, 7) is 5.10. The summed E-state index contributed by atoms with van der Waals surface area (Å²) in [5.41, 5.74) is 0.549. The highest BCUT2D eigenvalue weighted by atomic mass is 79.9. The lowest BCUT2D eigenvalue weighted by Crippen LogP contribution is -2.39. The van der Waals surface area contributed by atoms with E-state index in [2.05, 4.69) is 26.1 Å². The zero-order chi connectivity index (χ0) is 15.8. The minimum atomic E-state index is -0.409. The molecular formula is C16H22BrFN2O2. The fourth-order valence-corrected chi connectivity index (χ4v) is 2.91. The van der Waals surface area contributed by atoms with E-state index in [0.717, 1.165) is 39.3 Å². The van der Waals surface area contributed by atoms with Gasteiger partial charge in [0.15, 0.2) is 0 Å². The van der Waals surface area contributed by atoms with Crippen LogP contribution in [0.15, 0.2) is 24.3 Å². The number of carbonyl (C=O) groups is 1. The van der Waals surface area contributed by atoms with Crippen molar-refractivity contribution in [3.63, 3.8) is 0 Å². The van der Waals surface area contributed by atoms with Crippen LogP contribution in [0, 0.1) is 5.82 Å². The Balaban J connectivity index is 1.65. The van der Waals surface area contributed by atoms with Gasteiger partial charge in [-0.05, 0) is 31.0 Å². The molecule has 1 N–H and O–H groups in total. The molecule has 1 saturated heterocycles. The third-order valence-electron chi connectivity index (χ3n) is 3.70. The van der Waals surface area contributed by atoms with Crippen molar-refractivity contribution in [1.82, 2.24) is 10.2 Å². The molecule has 6 heteroatoms. The first-order valence-corrected chi connectivity index (χ1v) is 8.53. The Kier molecular flexibility index (Phi) is 7.29. The van der Waals surface area contributed by atoms with Gasteiger partial charge >= 0.3 is 0 Å². The van der Waals surface area contributed by atoms with Crippen LogP contribution in [-0.2, 0) is 16.0 Å². The molecule has 1 atom stereocenters. The van der Waals surface area contributed by atoms with E-state index in [1.165, 1.54) is 6.07 Å². The zero-order valence-corrected chi connectivity index (χ0v) is 14.1. The topological polar surface area (TPSA) is 41.6 Å². The number of rotatable bonds is 7. The van der Waals surface area contributed by atoms with Crippen LogP contribution < -0.4 is 5.32 Å². The monoisotopic (exact) mass is 372 g/mol. The van der Waals surface area contributed by atoms with E-state index >= 15 is 0 Å². The van der Waals surface area contributed by atoms with E-state index in [-0.39, 0.29) is 11.7 Å². The number of alkyl halides is 1.